The number of para-hydroxylation sites is 1. The maximum atomic E-state index is 10.6. The van der Waals surface area contributed by atoms with Crippen LogP contribution >= 0.6 is 11.3 Å². The average molecular weight is 292 g/mol. The number of anilines is 1. The lowest BCUT2D eigenvalue weighted by molar-refractivity contribution is -0.380. The monoisotopic (exact) mass is 292 g/mol. The maximum absolute atomic E-state index is 10.6. The Balaban J connectivity index is 2.00. The molecule has 20 heavy (non-hydrogen) atoms. The third kappa shape index (κ3) is 3.79. The van der Waals surface area contributed by atoms with Crippen molar-refractivity contribution < 1.29 is 9.66 Å². The first-order valence-electron chi connectivity index (χ1n) is 6.23. The van der Waals surface area contributed by atoms with Gasteiger partial charge in [-0.05, 0) is 23.6 Å². The molecule has 5 nitrogen and oxygen atoms in total. The molecular weight excluding hydrogens is 276 g/mol. The predicted molar refractivity (Wildman–Crippen MR) is 80.3 cm³/mol. The minimum absolute atomic E-state index is 0.175. The van der Waals surface area contributed by atoms with Crippen LogP contribution in [0.25, 0.3) is 0 Å². The second-order valence-corrected chi connectivity index (χ2v) is 5.19. The van der Waals surface area contributed by atoms with Gasteiger partial charge in [0.25, 0.3) is 0 Å². The summed E-state index contributed by atoms with van der Waals surface area (Å²) in [4.78, 5) is 10.3. The second kappa shape index (κ2) is 7.02. The smallest absolute Gasteiger partial charge is 0.324 e. The highest BCUT2D eigenvalue weighted by molar-refractivity contribution is 7.13. The van der Waals surface area contributed by atoms with Crippen LogP contribution in [-0.4, -0.2) is 18.6 Å². The van der Waals surface area contributed by atoms with Crippen LogP contribution in [0.15, 0.2) is 35.7 Å². The Morgan fingerprint density at radius 2 is 2.20 bits per heavy atom. The fourth-order valence-corrected chi connectivity index (χ4v) is 2.60. The van der Waals surface area contributed by atoms with Gasteiger partial charge < -0.3 is 10.1 Å². The van der Waals surface area contributed by atoms with E-state index in [9.17, 15) is 10.1 Å². The molecule has 0 radical (unpaired) electrons. The zero-order valence-corrected chi connectivity index (χ0v) is 12.0. The third-order valence-corrected chi connectivity index (χ3v) is 3.82. The molecule has 106 valence electrons. The van der Waals surface area contributed by atoms with E-state index in [0.717, 1.165) is 29.0 Å². The molecule has 0 atom stereocenters. The van der Waals surface area contributed by atoms with Gasteiger partial charge in [0.2, 0.25) is 0 Å². The predicted octanol–water partition coefficient (Wildman–Crippen LogP) is 3.46. The molecular formula is C14H16N2O3S. The van der Waals surface area contributed by atoms with Crippen molar-refractivity contribution in [3.63, 3.8) is 0 Å². The Labute approximate surface area is 121 Å². The SMILES string of the molecule is COCCc1ccccc1NCc1csc([N+](=O)[O-])c1. The van der Waals surface area contributed by atoms with Crippen molar-refractivity contribution in [2.75, 3.05) is 19.0 Å². The van der Waals surface area contributed by atoms with Crippen molar-refractivity contribution >= 4 is 22.0 Å². The van der Waals surface area contributed by atoms with E-state index in [2.05, 4.69) is 11.4 Å². The number of nitrogens with zero attached hydrogens (tertiary/aromatic N) is 1. The number of thiophene rings is 1. The summed E-state index contributed by atoms with van der Waals surface area (Å²) in [7, 11) is 1.68. The van der Waals surface area contributed by atoms with Gasteiger partial charge in [0, 0.05) is 30.8 Å². The summed E-state index contributed by atoms with van der Waals surface area (Å²) in [6.07, 6.45) is 0.837. The lowest BCUT2D eigenvalue weighted by Gasteiger charge is -2.11. The van der Waals surface area contributed by atoms with E-state index in [1.165, 1.54) is 5.56 Å². The highest BCUT2D eigenvalue weighted by Crippen LogP contribution is 2.24. The van der Waals surface area contributed by atoms with E-state index in [1.807, 2.05) is 23.6 Å². The fourth-order valence-electron chi connectivity index (χ4n) is 1.87. The fraction of sp³-hybridized carbons (Fsp3) is 0.286. The molecule has 0 spiro atoms. The summed E-state index contributed by atoms with van der Waals surface area (Å²) in [5.74, 6) is 0. The molecule has 0 bridgehead atoms. The highest BCUT2D eigenvalue weighted by Gasteiger charge is 2.09. The minimum Gasteiger partial charge on any atom is -0.384 e. The number of hydrogen-bond donors (Lipinski definition) is 1. The molecule has 0 aliphatic rings. The van der Waals surface area contributed by atoms with Crippen molar-refractivity contribution in [1.29, 1.82) is 0 Å². The quantitative estimate of drug-likeness (QED) is 0.627. The van der Waals surface area contributed by atoms with Crippen LogP contribution in [0, 0.1) is 10.1 Å². The van der Waals surface area contributed by atoms with E-state index < -0.39 is 0 Å². The van der Waals surface area contributed by atoms with E-state index in [0.29, 0.717) is 13.2 Å². The molecule has 1 aromatic carbocycles. The molecule has 0 aliphatic carbocycles. The molecule has 0 saturated heterocycles. The first-order valence-corrected chi connectivity index (χ1v) is 7.11. The van der Waals surface area contributed by atoms with E-state index in [-0.39, 0.29) is 9.92 Å². The molecule has 0 unspecified atom stereocenters. The van der Waals surface area contributed by atoms with Gasteiger partial charge in [0.1, 0.15) is 0 Å². The number of ether oxygens (including phenoxy) is 1. The summed E-state index contributed by atoms with van der Waals surface area (Å²) in [6, 6.07) is 9.62. The van der Waals surface area contributed by atoms with Crippen LogP contribution in [0.4, 0.5) is 10.7 Å². The molecule has 0 amide bonds. The van der Waals surface area contributed by atoms with Crippen molar-refractivity contribution in [3.8, 4) is 0 Å². The first-order chi connectivity index (χ1) is 9.70. The molecule has 6 heteroatoms. The maximum Gasteiger partial charge on any atom is 0.324 e. The largest absolute Gasteiger partial charge is 0.384 e. The van der Waals surface area contributed by atoms with Gasteiger partial charge >= 0.3 is 5.00 Å². The second-order valence-electron chi connectivity index (χ2n) is 4.30. The number of methoxy groups -OCH3 is 1. The Morgan fingerprint density at radius 1 is 1.40 bits per heavy atom. The normalized spacial score (nSPS) is 10.4. The minimum atomic E-state index is -0.360. The van der Waals surface area contributed by atoms with Gasteiger partial charge in [-0.1, -0.05) is 29.5 Å². The van der Waals surface area contributed by atoms with Gasteiger partial charge in [-0.2, -0.15) is 0 Å². The van der Waals surface area contributed by atoms with Crippen molar-refractivity contribution in [2.45, 2.75) is 13.0 Å². The number of nitrogens with one attached hydrogen (secondary N) is 1. The lowest BCUT2D eigenvalue weighted by atomic mass is 10.1. The molecule has 2 aromatic rings. The topological polar surface area (TPSA) is 64.4 Å². The van der Waals surface area contributed by atoms with Gasteiger partial charge in [0.15, 0.2) is 0 Å². The zero-order valence-electron chi connectivity index (χ0n) is 11.2. The van der Waals surface area contributed by atoms with Crippen LogP contribution in [-0.2, 0) is 17.7 Å². The number of hydrogen-bond acceptors (Lipinski definition) is 5. The Kier molecular flexibility index (Phi) is 5.09. The molecule has 1 heterocycles. The Bertz CT molecular complexity index is 583. The lowest BCUT2D eigenvalue weighted by Crippen LogP contribution is -2.03. The van der Waals surface area contributed by atoms with Gasteiger partial charge in [-0.3, -0.25) is 10.1 Å². The summed E-state index contributed by atoms with van der Waals surface area (Å²) >= 11 is 1.15. The summed E-state index contributed by atoms with van der Waals surface area (Å²) in [6.45, 7) is 1.25. The number of nitro groups is 1. The van der Waals surface area contributed by atoms with Crippen molar-refractivity contribution in [2.24, 2.45) is 0 Å². The Morgan fingerprint density at radius 3 is 2.90 bits per heavy atom. The third-order valence-electron chi connectivity index (χ3n) is 2.90. The molecule has 0 saturated carbocycles. The van der Waals surface area contributed by atoms with Crippen molar-refractivity contribution in [1.82, 2.24) is 0 Å². The molecule has 2 rings (SSSR count). The van der Waals surface area contributed by atoms with Crippen LogP contribution < -0.4 is 5.32 Å². The van der Waals surface area contributed by atoms with Crippen LogP contribution in [0.5, 0.6) is 0 Å². The summed E-state index contributed by atoms with van der Waals surface area (Å²) in [5, 5.41) is 15.9. The van der Waals surface area contributed by atoms with Gasteiger partial charge in [-0.15, -0.1) is 0 Å². The van der Waals surface area contributed by atoms with E-state index in [1.54, 1.807) is 13.2 Å². The first kappa shape index (κ1) is 14.5. The molecule has 0 fully saturated rings. The van der Waals surface area contributed by atoms with Crippen LogP contribution in [0.2, 0.25) is 0 Å². The standard InChI is InChI=1S/C14H16N2O3S/c1-19-7-6-12-4-2-3-5-13(12)15-9-11-8-14(16(17)18)20-10-11/h2-5,8,10,15H,6-7,9H2,1H3. The average Bonchev–Trinajstić information content (AvgIpc) is 2.93. The number of benzene rings is 1. The molecule has 1 aromatic heterocycles. The van der Waals surface area contributed by atoms with E-state index in [4.69, 9.17) is 4.74 Å². The highest BCUT2D eigenvalue weighted by atomic mass is 32.1. The van der Waals surface area contributed by atoms with E-state index >= 15 is 0 Å². The van der Waals surface area contributed by atoms with Crippen molar-refractivity contribution in [3.05, 3.63) is 57.0 Å². The van der Waals surface area contributed by atoms with Crippen LogP contribution in [0.1, 0.15) is 11.1 Å². The van der Waals surface area contributed by atoms with Crippen LogP contribution in [0.3, 0.4) is 0 Å². The summed E-state index contributed by atoms with van der Waals surface area (Å²) < 4.78 is 5.09. The summed E-state index contributed by atoms with van der Waals surface area (Å²) in [5.41, 5.74) is 3.14. The number of rotatable bonds is 7. The van der Waals surface area contributed by atoms with Gasteiger partial charge in [0.05, 0.1) is 11.5 Å². The Hall–Kier alpha value is -1.92. The van der Waals surface area contributed by atoms with Gasteiger partial charge in [-0.25, -0.2) is 0 Å². The zero-order chi connectivity index (χ0) is 14.4. The molecule has 1 N–H and O–H groups in total. The molecule has 0 aliphatic heterocycles.